The maximum Gasteiger partial charge on any atom is 0.393 e. The summed E-state index contributed by atoms with van der Waals surface area (Å²) in [6.07, 6.45) is 0.996. The van der Waals surface area contributed by atoms with E-state index in [9.17, 15) is 29.5 Å². The lowest BCUT2D eigenvalue weighted by atomic mass is 9.65. The van der Waals surface area contributed by atoms with Crippen LogP contribution in [0.25, 0.3) is 0 Å². The molecule has 3 amide bonds. The second kappa shape index (κ2) is 8.80. The molecule has 7 N–H and O–H groups in total. The molecule has 1 fully saturated rings. The summed E-state index contributed by atoms with van der Waals surface area (Å²) >= 11 is 0. The highest BCUT2D eigenvalue weighted by Crippen LogP contribution is 2.20. The van der Waals surface area contributed by atoms with Crippen molar-refractivity contribution in [2.24, 2.45) is 11.7 Å². The predicted molar refractivity (Wildman–Crippen MR) is 95.2 cm³/mol. The molecule has 0 bridgehead atoms. The predicted octanol–water partition coefficient (Wildman–Crippen LogP) is -2.57. The molecule has 0 aromatic heterocycles. The number of hydrogen-bond acceptors (Lipinski definition) is 7. The van der Waals surface area contributed by atoms with Gasteiger partial charge >= 0.3 is 6.75 Å². The SMILES string of the molecule is CC(C)[C@H](NC(=O)[C@@H]1CCCN1C(=O)[C@H](C)NC(=O)[C@H](C)N)[B-](O)(O)O. The van der Waals surface area contributed by atoms with E-state index in [0.717, 1.165) is 0 Å². The molecule has 1 heterocycles. The van der Waals surface area contributed by atoms with E-state index in [4.69, 9.17) is 5.73 Å². The molecule has 0 aromatic rings. The van der Waals surface area contributed by atoms with Crippen molar-refractivity contribution in [3.05, 3.63) is 0 Å². The first-order valence-corrected chi connectivity index (χ1v) is 8.85. The van der Waals surface area contributed by atoms with Crippen LogP contribution in [-0.4, -0.2) is 75.1 Å². The van der Waals surface area contributed by atoms with Crippen molar-refractivity contribution in [3.63, 3.8) is 0 Å². The first-order valence-electron chi connectivity index (χ1n) is 8.85. The Balaban J connectivity index is 2.81. The highest BCUT2D eigenvalue weighted by molar-refractivity contribution is 6.58. The Bertz CT molecular complexity index is 537. The average Bonchev–Trinajstić information content (AvgIpc) is 2.99. The van der Waals surface area contributed by atoms with E-state index in [1.165, 1.54) is 18.7 Å². The van der Waals surface area contributed by atoms with Crippen LogP contribution in [0.15, 0.2) is 0 Å². The molecule has 0 radical (unpaired) electrons. The maximum atomic E-state index is 12.6. The summed E-state index contributed by atoms with van der Waals surface area (Å²) in [4.78, 5) is 38.1. The standard InChI is InChI=1S/C15H30BN4O6/c1-8(2)12(16(24,25)26)19-14(22)11-6-5-7-20(11)15(23)10(4)18-13(21)9(3)17/h8-12,24-26H,5-7,17H2,1-4H3,(H,18,21)(H,19,22)/q-1/t9-,10-,11-,12-/m0/s1. The third-order valence-electron chi connectivity index (χ3n) is 4.49. The summed E-state index contributed by atoms with van der Waals surface area (Å²) in [7, 11) is 0. The van der Waals surface area contributed by atoms with E-state index in [1.807, 2.05) is 0 Å². The van der Waals surface area contributed by atoms with E-state index in [1.54, 1.807) is 13.8 Å². The number of nitrogens with two attached hydrogens (primary N) is 1. The van der Waals surface area contributed by atoms with Crippen LogP contribution in [0.1, 0.15) is 40.5 Å². The van der Waals surface area contributed by atoms with E-state index in [2.05, 4.69) is 10.6 Å². The van der Waals surface area contributed by atoms with E-state index in [-0.39, 0.29) is 0 Å². The molecule has 0 spiro atoms. The van der Waals surface area contributed by atoms with Gasteiger partial charge in [0.15, 0.2) is 0 Å². The van der Waals surface area contributed by atoms with Gasteiger partial charge in [-0.3, -0.25) is 14.4 Å². The van der Waals surface area contributed by atoms with Gasteiger partial charge in [0.05, 0.1) is 6.04 Å². The van der Waals surface area contributed by atoms with Crippen molar-refractivity contribution in [1.29, 1.82) is 0 Å². The zero-order valence-electron chi connectivity index (χ0n) is 15.7. The minimum atomic E-state index is -3.75. The molecule has 4 atom stereocenters. The molecule has 0 aliphatic carbocycles. The van der Waals surface area contributed by atoms with Crippen LogP contribution in [0.4, 0.5) is 0 Å². The molecule has 1 aliphatic rings. The monoisotopic (exact) mass is 373 g/mol. The smallest absolute Gasteiger partial charge is 0.393 e. The number of rotatable bonds is 7. The molecule has 150 valence electrons. The number of likely N-dealkylation sites (tertiary alicyclic amines) is 1. The lowest BCUT2D eigenvalue weighted by Crippen LogP contribution is -2.63. The first-order chi connectivity index (χ1) is 11.9. The van der Waals surface area contributed by atoms with Crippen molar-refractivity contribution in [2.45, 2.75) is 64.6 Å². The molecule has 1 aliphatic heterocycles. The highest BCUT2D eigenvalue weighted by atomic mass is 16.5. The lowest BCUT2D eigenvalue weighted by molar-refractivity contribution is -0.141. The summed E-state index contributed by atoms with van der Waals surface area (Å²) in [5.74, 6) is -3.17. The first kappa shape index (κ1) is 22.4. The van der Waals surface area contributed by atoms with Gasteiger partial charge in [0.25, 0.3) is 0 Å². The van der Waals surface area contributed by atoms with Gasteiger partial charge in [-0.05, 0) is 32.6 Å². The highest BCUT2D eigenvalue weighted by Gasteiger charge is 2.39. The van der Waals surface area contributed by atoms with Gasteiger partial charge < -0.3 is 36.3 Å². The van der Waals surface area contributed by atoms with Gasteiger partial charge in [0, 0.05) is 6.54 Å². The van der Waals surface area contributed by atoms with Crippen molar-refractivity contribution < 1.29 is 29.5 Å². The molecular formula is C15H30BN4O6-. The number of carbonyl (C=O) groups is 3. The third kappa shape index (κ3) is 5.66. The van der Waals surface area contributed by atoms with Crippen LogP contribution in [0, 0.1) is 5.92 Å². The fourth-order valence-corrected chi connectivity index (χ4v) is 3.01. The summed E-state index contributed by atoms with van der Waals surface area (Å²) in [6.45, 7) is 2.84. The summed E-state index contributed by atoms with van der Waals surface area (Å²) in [5, 5.41) is 33.3. The summed E-state index contributed by atoms with van der Waals surface area (Å²) in [5.41, 5.74) is 5.47. The number of carbonyl (C=O) groups excluding carboxylic acids is 3. The molecule has 0 saturated carbocycles. The van der Waals surface area contributed by atoms with Gasteiger partial charge in [0.2, 0.25) is 17.7 Å². The van der Waals surface area contributed by atoms with Crippen LogP contribution >= 0.6 is 0 Å². The van der Waals surface area contributed by atoms with Crippen LogP contribution in [0.3, 0.4) is 0 Å². The molecule has 10 nitrogen and oxygen atoms in total. The lowest BCUT2D eigenvalue weighted by Gasteiger charge is -2.37. The van der Waals surface area contributed by atoms with Crippen molar-refractivity contribution in [1.82, 2.24) is 15.5 Å². The molecule has 0 unspecified atom stereocenters. The Hall–Kier alpha value is -1.69. The normalized spacial score (nSPS) is 21.3. The molecule has 11 heteroatoms. The Morgan fingerprint density at radius 2 is 1.69 bits per heavy atom. The molecule has 26 heavy (non-hydrogen) atoms. The Labute approximate surface area is 153 Å². The van der Waals surface area contributed by atoms with Gasteiger partial charge in [-0.25, -0.2) is 0 Å². The van der Waals surface area contributed by atoms with Gasteiger partial charge in [-0.1, -0.05) is 19.8 Å². The minimum absolute atomic E-state index is 0.343. The quantitative estimate of drug-likeness (QED) is 0.267. The third-order valence-corrected chi connectivity index (χ3v) is 4.49. The van der Waals surface area contributed by atoms with Crippen molar-refractivity contribution in [2.75, 3.05) is 6.54 Å². The Kier molecular flexibility index (Phi) is 7.57. The van der Waals surface area contributed by atoms with Crippen molar-refractivity contribution in [3.8, 4) is 0 Å². The van der Waals surface area contributed by atoms with E-state index in [0.29, 0.717) is 19.4 Å². The zero-order chi connectivity index (χ0) is 20.2. The fourth-order valence-electron chi connectivity index (χ4n) is 3.01. The van der Waals surface area contributed by atoms with Gasteiger partial charge in [-0.2, -0.15) is 0 Å². The molecule has 1 rings (SSSR count). The molecule has 1 saturated heterocycles. The summed E-state index contributed by atoms with van der Waals surface area (Å²) in [6, 6.07) is -2.42. The van der Waals surface area contributed by atoms with E-state index < -0.39 is 54.5 Å². The number of nitrogens with one attached hydrogen (secondary N) is 2. The zero-order valence-corrected chi connectivity index (χ0v) is 15.7. The Morgan fingerprint density at radius 1 is 1.12 bits per heavy atom. The summed E-state index contributed by atoms with van der Waals surface area (Å²) < 4.78 is 0. The second-order valence-corrected chi connectivity index (χ2v) is 7.28. The number of hydrogen-bond donors (Lipinski definition) is 6. The van der Waals surface area contributed by atoms with E-state index >= 15 is 0 Å². The fraction of sp³-hybridized carbons (Fsp3) is 0.800. The van der Waals surface area contributed by atoms with Crippen LogP contribution < -0.4 is 16.4 Å². The number of nitrogens with zero attached hydrogens (tertiary/aromatic N) is 1. The van der Waals surface area contributed by atoms with Crippen molar-refractivity contribution >= 4 is 24.5 Å². The minimum Gasteiger partial charge on any atom is -0.558 e. The second-order valence-electron chi connectivity index (χ2n) is 7.28. The van der Waals surface area contributed by atoms with Crippen LogP contribution in [-0.2, 0) is 14.4 Å². The number of amides is 3. The molecular weight excluding hydrogens is 343 g/mol. The van der Waals surface area contributed by atoms with Gasteiger partial charge in [-0.15, -0.1) is 0 Å². The van der Waals surface area contributed by atoms with Crippen LogP contribution in [0.5, 0.6) is 0 Å². The average molecular weight is 373 g/mol. The largest absolute Gasteiger partial charge is 0.558 e. The van der Waals surface area contributed by atoms with Gasteiger partial charge in [0.1, 0.15) is 12.1 Å². The maximum absolute atomic E-state index is 12.6. The topological polar surface area (TPSA) is 165 Å². The Morgan fingerprint density at radius 3 is 2.15 bits per heavy atom. The molecule has 0 aromatic carbocycles. The van der Waals surface area contributed by atoms with Crippen LogP contribution in [0.2, 0.25) is 0 Å².